The van der Waals surface area contributed by atoms with E-state index in [1.807, 2.05) is 0 Å². The van der Waals surface area contributed by atoms with Crippen LogP contribution < -0.4 is 0 Å². The molecule has 0 saturated carbocycles. The van der Waals surface area contributed by atoms with Crippen molar-refractivity contribution in [2.45, 2.75) is 0 Å². The highest BCUT2D eigenvalue weighted by Crippen LogP contribution is 2.30. The van der Waals surface area contributed by atoms with E-state index in [1.54, 1.807) is 6.07 Å². The fourth-order valence-electron chi connectivity index (χ4n) is 1.60. The van der Waals surface area contributed by atoms with E-state index >= 15 is 0 Å². The van der Waals surface area contributed by atoms with Crippen LogP contribution in [-0.4, -0.2) is 11.1 Å². The lowest BCUT2D eigenvalue weighted by atomic mass is 10.0. The van der Waals surface area contributed by atoms with E-state index in [1.165, 1.54) is 30.3 Å². The number of aromatic carboxylic acids is 1. The zero-order chi connectivity index (χ0) is 13.3. The van der Waals surface area contributed by atoms with E-state index in [-0.39, 0.29) is 21.2 Å². The average Bonchev–Trinajstić information content (AvgIpc) is 2.31. The van der Waals surface area contributed by atoms with Gasteiger partial charge in [-0.05, 0) is 29.8 Å². The molecule has 92 valence electrons. The summed E-state index contributed by atoms with van der Waals surface area (Å²) in [6.45, 7) is 0. The van der Waals surface area contributed by atoms with Gasteiger partial charge in [0.05, 0.1) is 10.6 Å². The maximum atomic E-state index is 13.8. The molecule has 0 radical (unpaired) electrons. The van der Waals surface area contributed by atoms with Gasteiger partial charge in [-0.2, -0.15) is 0 Å². The summed E-state index contributed by atoms with van der Waals surface area (Å²) in [5.74, 6) is -1.72. The molecule has 0 spiro atoms. The molecule has 2 aromatic carbocycles. The van der Waals surface area contributed by atoms with E-state index in [4.69, 9.17) is 28.3 Å². The average molecular weight is 285 g/mol. The summed E-state index contributed by atoms with van der Waals surface area (Å²) in [6.07, 6.45) is 0. The normalized spacial score (nSPS) is 10.4. The molecule has 18 heavy (non-hydrogen) atoms. The SMILES string of the molecule is O=C(O)c1cc(Cl)cc(-c2cccc(Cl)c2F)c1. The summed E-state index contributed by atoms with van der Waals surface area (Å²) < 4.78 is 13.8. The number of carboxylic acids is 1. The van der Waals surface area contributed by atoms with Gasteiger partial charge in [0.1, 0.15) is 5.82 Å². The standard InChI is InChI=1S/C13H7Cl2FO2/c14-9-5-7(4-8(6-9)13(17)18)10-2-1-3-11(15)12(10)16/h1-6H,(H,17,18). The van der Waals surface area contributed by atoms with Crippen molar-refractivity contribution in [2.24, 2.45) is 0 Å². The molecular formula is C13H7Cl2FO2. The van der Waals surface area contributed by atoms with Crippen molar-refractivity contribution >= 4 is 29.2 Å². The summed E-state index contributed by atoms with van der Waals surface area (Å²) in [5.41, 5.74) is 0.587. The molecule has 5 heteroatoms. The molecule has 0 aromatic heterocycles. The summed E-state index contributed by atoms with van der Waals surface area (Å²) in [4.78, 5) is 10.9. The van der Waals surface area contributed by atoms with Crippen LogP contribution in [0.2, 0.25) is 10.0 Å². The first-order valence-corrected chi connectivity index (χ1v) is 5.73. The lowest BCUT2D eigenvalue weighted by molar-refractivity contribution is 0.0697. The first-order valence-electron chi connectivity index (χ1n) is 4.97. The van der Waals surface area contributed by atoms with Crippen molar-refractivity contribution in [1.82, 2.24) is 0 Å². The second-order valence-corrected chi connectivity index (χ2v) is 4.48. The highest BCUT2D eigenvalue weighted by molar-refractivity contribution is 6.31. The number of carboxylic acid groups (broad SMARTS) is 1. The monoisotopic (exact) mass is 284 g/mol. The maximum absolute atomic E-state index is 13.8. The lowest BCUT2D eigenvalue weighted by Gasteiger charge is -2.06. The van der Waals surface area contributed by atoms with Crippen molar-refractivity contribution in [3.05, 3.63) is 57.8 Å². The molecule has 0 heterocycles. The summed E-state index contributed by atoms with van der Waals surface area (Å²) in [7, 11) is 0. The molecule has 2 aromatic rings. The number of hydrogen-bond acceptors (Lipinski definition) is 1. The van der Waals surface area contributed by atoms with Crippen LogP contribution in [0.3, 0.4) is 0 Å². The molecule has 0 bridgehead atoms. The second kappa shape index (κ2) is 4.96. The van der Waals surface area contributed by atoms with Crippen LogP contribution >= 0.6 is 23.2 Å². The van der Waals surface area contributed by atoms with E-state index in [9.17, 15) is 9.18 Å². The third kappa shape index (κ3) is 2.47. The number of benzene rings is 2. The third-order valence-corrected chi connectivity index (χ3v) is 2.92. The van der Waals surface area contributed by atoms with Gasteiger partial charge >= 0.3 is 5.97 Å². The topological polar surface area (TPSA) is 37.3 Å². The highest BCUT2D eigenvalue weighted by atomic mass is 35.5. The Kier molecular flexibility index (Phi) is 3.55. The van der Waals surface area contributed by atoms with Crippen LogP contribution in [-0.2, 0) is 0 Å². The predicted octanol–water partition coefficient (Wildman–Crippen LogP) is 4.50. The number of carbonyl (C=O) groups is 1. The van der Waals surface area contributed by atoms with Crippen molar-refractivity contribution < 1.29 is 14.3 Å². The van der Waals surface area contributed by atoms with Crippen LogP contribution in [0.15, 0.2) is 36.4 Å². The minimum absolute atomic E-state index is 0.00289. The zero-order valence-electron chi connectivity index (χ0n) is 8.95. The fraction of sp³-hybridized carbons (Fsp3) is 0. The Morgan fingerprint density at radius 1 is 1.17 bits per heavy atom. The Morgan fingerprint density at radius 2 is 1.89 bits per heavy atom. The molecule has 0 amide bonds. The molecule has 2 nitrogen and oxygen atoms in total. The van der Waals surface area contributed by atoms with Gasteiger partial charge in [0.2, 0.25) is 0 Å². The van der Waals surface area contributed by atoms with Gasteiger partial charge in [-0.25, -0.2) is 9.18 Å². The molecule has 2 rings (SSSR count). The molecule has 0 unspecified atom stereocenters. The van der Waals surface area contributed by atoms with Crippen LogP contribution in [0.4, 0.5) is 4.39 Å². The summed E-state index contributed by atoms with van der Waals surface area (Å²) in [6, 6.07) is 8.66. The van der Waals surface area contributed by atoms with Crippen molar-refractivity contribution in [1.29, 1.82) is 0 Å². The van der Waals surface area contributed by atoms with Crippen LogP contribution in [0.5, 0.6) is 0 Å². The Hall–Kier alpha value is -1.58. The Bertz CT molecular complexity index is 626. The molecule has 0 aliphatic carbocycles. The number of rotatable bonds is 2. The van der Waals surface area contributed by atoms with Gasteiger partial charge in [0.25, 0.3) is 0 Å². The number of hydrogen-bond donors (Lipinski definition) is 1. The summed E-state index contributed by atoms with van der Waals surface area (Å²) in [5, 5.41) is 9.13. The predicted molar refractivity (Wildman–Crippen MR) is 68.8 cm³/mol. The number of halogens is 3. The fourth-order valence-corrected chi connectivity index (χ4v) is 2.00. The largest absolute Gasteiger partial charge is 0.478 e. The Labute approximate surface area is 113 Å². The maximum Gasteiger partial charge on any atom is 0.335 e. The van der Waals surface area contributed by atoms with Crippen molar-refractivity contribution in [3.63, 3.8) is 0 Å². The molecule has 0 atom stereocenters. The van der Waals surface area contributed by atoms with Gasteiger partial charge in [-0.15, -0.1) is 0 Å². The van der Waals surface area contributed by atoms with Gasteiger partial charge in [-0.3, -0.25) is 0 Å². The van der Waals surface area contributed by atoms with Crippen LogP contribution in [0, 0.1) is 5.82 Å². The minimum atomic E-state index is -1.12. The highest BCUT2D eigenvalue weighted by Gasteiger charge is 2.12. The van der Waals surface area contributed by atoms with E-state index in [0.717, 1.165) is 0 Å². The minimum Gasteiger partial charge on any atom is -0.478 e. The molecule has 0 aliphatic heterocycles. The molecule has 1 N–H and O–H groups in total. The third-order valence-electron chi connectivity index (χ3n) is 2.41. The smallest absolute Gasteiger partial charge is 0.335 e. The van der Waals surface area contributed by atoms with Crippen molar-refractivity contribution in [3.8, 4) is 11.1 Å². The Balaban J connectivity index is 2.64. The Morgan fingerprint density at radius 3 is 2.56 bits per heavy atom. The lowest BCUT2D eigenvalue weighted by Crippen LogP contribution is -1.97. The van der Waals surface area contributed by atoms with Crippen LogP contribution in [0.25, 0.3) is 11.1 Å². The van der Waals surface area contributed by atoms with Crippen molar-refractivity contribution in [2.75, 3.05) is 0 Å². The quantitative estimate of drug-likeness (QED) is 0.882. The molecular weight excluding hydrogens is 278 g/mol. The van der Waals surface area contributed by atoms with Gasteiger partial charge < -0.3 is 5.11 Å². The van der Waals surface area contributed by atoms with Gasteiger partial charge in [0.15, 0.2) is 0 Å². The molecule has 0 saturated heterocycles. The van der Waals surface area contributed by atoms with E-state index in [0.29, 0.717) is 5.56 Å². The van der Waals surface area contributed by atoms with E-state index in [2.05, 4.69) is 0 Å². The van der Waals surface area contributed by atoms with E-state index < -0.39 is 11.8 Å². The second-order valence-electron chi connectivity index (χ2n) is 3.64. The van der Waals surface area contributed by atoms with Crippen LogP contribution in [0.1, 0.15) is 10.4 Å². The molecule has 0 fully saturated rings. The zero-order valence-corrected chi connectivity index (χ0v) is 10.5. The first kappa shape index (κ1) is 12.9. The van der Waals surface area contributed by atoms with Gasteiger partial charge in [0, 0.05) is 10.6 Å². The first-order chi connectivity index (χ1) is 8.49. The van der Waals surface area contributed by atoms with Gasteiger partial charge in [-0.1, -0.05) is 35.3 Å². The molecule has 0 aliphatic rings. The summed E-state index contributed by atoms with van der Waals surface area (Å²) >= 11 is 11.5.